The van der Waals surface area contributed by atoms with Gasteiger partial charge in [-0.15, -0.1) is 0 Å². The van der Waals surface area contributed by atoms with Crippen molar-refractivity contribution in [3.05, 3.63) is 27.9 Å². The standard InChI is InChI=1S/C9H11ClN2O5S/c1-7-3-4-8(9(11-7)12(13)14)17-5-2-6-18(10,15)16/h3-4H,2,5-6H2,1H3. The fraction of sp³-hybridized carbons (Fsp3) is 0.444. The second-order valence-corrected chi connectivity index (χ2v) is 6.37. The molecule has 0 aromatic carbocycles. The van der Waals surface area contributed by atoms with E-state index in [9.17, 15) is 18.5 Å². The molecule has 7 nitrogen and oxygen atoms in total. The van der Waals surface area contributed by atoms with Crippen molar-refractivity contribution >= 4 is 25.6 Å². The quantitative estimate of drug-likeness (QED) is 0.342. The Balaban J connectivity index is 2.65. The van der Waals surface area contributed by atoms with Gasteiger partial charge < -0.3 is 14.9 Å². The highest BCUT2D eigenvalue weighted by molar-refractivity contribution is 8.13. The van der Waals surface area contributed by atoms with Crippen LogP contribution in [0.5, 0.6) is 5.75 Å². The highest BCUT2D eigenvalue weighted by Crippen LogP contribution is 2.24. The van der Waals surface area contributed by atoms with Gasteiger partial charge in [0.15, 0.2) is 0 Å². The molecule has 0 aliphatic heterocycles. The molecule has 0 radical (unpaired) electrons. The molecule has 0 unspecified atom stereocenters. The minimum absolute atomic E-state index is 0.0114. The maximum atomic E-state index is 10.7. The first-order valence-electron chi connectivity index (χ1n) is 4.97. The van der Waals surface area contributed by atoms with Gasteiger partial charge in [0.25, 0.3) is 0 Å². The van der Waals surface area contributed by atoms with E-state index in [0.717, 1.165) is 0 Å². The van der Waals surface area contributed by atoms with Crippen LogP contribution in [-0.4, -0.2) is 30.7 Å². The molecule has 1 heterocycles. The summed E-state index contributed by atoms with van der Waals surface area (Å²) in [6, 6.07) is 3.00. The molecule has 0 aliphatic rings. The number of aryl methyl sites for hydroxylation is 1. The third kappa shape index (κ3) is 4.84. The van der Waals surface area contributed by atoms with Gasteiger partial charge in [-0.05, 0) is 28.5 Å². The lowest BCUT2D eigenvalue weighted by molar-refractivity contribution is -0.390. The number of nitro groups is 1. The highest BCUT2D eigenvalue weighted by atomic mass is 35.7. The topological polar surface area (TPSA) is 99.4 Å². The zero-order valence-corrected chi connectivity index (χ0v) is 11.1. The van der Waals surface area contributed by atoms with E-state index >= 15 is 0 Å². The number of pyridine rings is 1. The predicted octanol–water partition coefficient (Wildman–Crippen LogP) is 1.64. The van der Waals surface area contributed by atoms with Gasteiger partial charge in [-0.25, -0.2) is 8.42 Å². The fourth-order valence-corrected chi connectivity index (χ4v) is 1.98. The van der Waals surface area contributed by atoms with Crippen LogP contribution in [0.25, 0.3) is 0 Å². The van der Waals surface area contributed by atoms with Gasteiger partial charge in [-0.1, -0.05) is 0 Å². The maximum Gasteiger partial charge on any atom is 0.406 e. The third-order valence-electron chi connectivity index (χ3n) is 1.94. The molecule has 0 amide bonds. The summed E-state index contributed by atoms with van der Waals surface area (Å²) in [5.74, 6) is -0.622. The lowest BCUT2D eigenvalue weighted by Crippen LogP contribution is -2.06. The van der Waals surface area contributed by atoms with E-state index in [0.29, 0.717) is 5.69 Å². The van der Waals surface area contributed by atoms with Gasteiger partial charge in [-0.2, -0.15) is 0 Å². The van der Waals surface area contributed by atoms with Crippen molar-refractivity contribution in [2.75, 3.05) is 12.4 Å². The number of hydrogen-bond acceptors (Lipinski definition) is 6. The minimum Gasteiger partial charge on any atom is -0.486 e. The molecule has 1 aromatic heterocycles. The Morgan fingerprint density at radius 2 is 2.17 bits per heavy atom. The summed E-state index contributed by atoms with van der Waals surface area (Å²) in [4.78, 5) is 13.8. The lowest BCUT2D eigenvalue weighted by atomic mass is 10.3. The Kier molecular flexibility index (Phi) is 4.85. The normalized spacial score (nSPS) is 11.2. The SMILES string of the molecule is Cc1ccc(OCCCS(=O)(=O)Cl)c([N+](=O)[O-])n1. The summed E-state index contributed by atoms with van der Waals surface area (Å²) in [7, 11) is 1.44. The number of nitrogens with zero attached hydrogens (tertiary/aromatic N) is 2. The summed E-state index contributed by atoms with van der Waals surface area (Å²) in [5, 5.41) is 10.7. The first-order chi connectivity index (χ1) is 8.29. The van der Waals surface area contributed by atoms with E-state index in [1.807, 2.05) is 0 Å². The number of aromatic nitrogens is 1. The van der Waals surface area contributed by atoms with Crippen molar-refractivity contribution in [2.24, 2.45) is 0 Å². The van der Waals surface area contributed by atoms with Crippen LogP contribution in [0.3, 0.4) is 0 Å². The lowest BCUT2D eigenvalue weighted by Gasteiger charge is -2.05. The van der Waals surface area contributed by atoms with Gasteiger partial charge in [0.2, 0.25) is 14.8 Å². The number of rotatable bonds is 6. The number of hydrogen-bond donors (Lipinski definition) is 0. The van der Waals surface area contributed by atoms with Crippen LogP contribution >= 0.6 is 10.7 Å². The molecule has 0 saturated heterocycles. The van der Waals surface area contributed by atoms with E-state index < -0.39 is 14.0 Å². The molecule has 18 heavy (non-hydrogen) atoms. The minimum atomic E-state index is -3.57. The van der Waals surface area contributed by atoms with Crippen LogP contribution in [0.15, 0.2) is 12.1 Å². The third-order valence-corrected chi connectivity index (χ3v) is 3.18. The number of halogens is 1. The van der Waals surface area contributed by atoms with Gasteiger partial charge in [0, 0.05) is 17.6 Å². The average Bonchev–Trinajstić information content (AvgIpc) is 2.24. The number of ether oxygens (including phenoxy) is 1. The van der Waals surface area contributed by atoms with Crippen molar-refractivity contribution in [1.29, 1.82) is 0 Å². The second kappa shape index (κ2) is 5.96. The van der Waals surface area contributed by atoms with Gasteiger partial charge in [0.1, 0.15) is 5.69 Å². The maximum absolute atomic E-state index is 10.7. The molecule has 9 heteroatoms. The molecule has 0 bridgehead atoms. The summed E-state index contributed by atoms with van der Waals surface area (Å²) in [6.45, 7) is 1.63. The van der Waals surface area contributed by atoms with Crippen molar-refractivity contribution in [2.45, 2.75) is 13.3 Å². The molecule has 0 fully saturated rings. The Bertz CT molecular complexity index is 546. The summed E-state index contributed by atoms with van der Waals surface area (Å²) < 4.78 is 26.4. The molecule has 0 N–H and O–H groups in total. The molecule has 1 rings (SSSR count). The molecular weight excluding hydrogens is 284 g/mol. The van der Waals surface area contributed by atoms with E-state index in [1.165, 1.54) is 6.07 Å². The van der Waals surface area contributed by atoms with Gasteiger partial charge in [0.05, 0.1) is 12.4 Å². The van der Waals surface area contributed by atoms with Gasteiger partial charge >= 0.3 is 5.82 Å². The fourth-order valence-electron chi connectivity index (χ4n) is 1.19. The van der Waals surface area contributed by atoms with Crippen LogP contribution in [0.1, 0.15) is 12.1 Å². The Morgan fingerprint density at radius 3 is 2.72 bits per heavy atom. The van der Waals surface area contributed by atoms with E-state index in [1.54, 1.807) is 13.0 Å². The van der Waals surface area contributed by atoms with Crippen LogP contribution in [0.2, 0.25) is 0 Å². The first-order valence-corrected chi connectivity index (χ1v) is 7.44. The van der Waals surface area contributed by atoms with Crippen molar-refractivity contribution in [1.82, 2.24) is 4.98 Å². The highest BCUT2D eigenvalue weighted by Gasteiger charge is 2.17. The molecular formula is C9H11ClN2O5S. The van der Waals surface area contributed by atoms with Crippen LogP contribution in [0, 0.1) is 17.0 Å². The molecule has 100 valence electrons. The van der Waals surface area contributed by atoms with Crippen molar-refractivity contribution < 1.29 is 18.1 Å². The summed E-state index contributed by atoms with van der Waals surface area (Å²) in [6.07, 6.45) is 0.150. The smallest absolute Gasteiger partial charge is 0.406 e. The monoisotopic (exact) mass is 294 g/mol. The Hall–Kier alpha value is -1.41. The largest absolute Gasteiger partial charge is 0.486 e. The summed E-state index contributed by atoms with van der Waals surface area (Å²) in [5.41, 5.74) is 0.498. The van der Waals surface area contributed by atoms with Crippen LogP contribution < -0.4 is 4.74 Å². The zero-order chi connectivity index (χ0) is 13.8. The van der Waals surface area contributed by atoms with Crippen LogP contribution in [0.4, 0.5) is 5.82 Å². The Labute approximate surface area is 108 Å². The van der Waals surface area contributed by atoms with Crippen molar-refractivity contribution in [3.8, 4) is 5.75 Å². The van der Waals surface area contributed by atoms with Gasteiger partial charge in [-0.3, -0.25) is 0 Å². The average molecular weight is 295 g/mol. The van der Waals surface area contributed by atoms with Crippen molar-refractivity contribution in [3.63, 3.8) is 0 Å². The molecule has 0 atom stereocenters. The molecule has 0 aliphatic carbocycles. The molecule has 0 saturated carbocycles. The van der Waals surface area contributed by atoms with Crippen LogP contribution in [-0.2, 0) is 9.05 Å². The summed E-state index contributed by atoms with van der Waals surface area (Å²) >= 11 is 0. The Morgan fingerprint density at radius 1 is 1.50 bits per heavy atom. The predicted molar refractivity (Wildman–Crippen MR) is 65.4 cm³/mol. The second-order valence-electron chi connectivity index (χ2n) is 3.48. The zero-order valence-electron chi connectivity index (χ0n) is 9.50. The molecule has 0 spiro atoms. The first kappa shape index (κ1) is 14.7. The van der Waals surface area contributed by atoms with E-state index in [2.05, 4.69) is 4.98 Å². The van der Waals surface area contributed by atoms with E-state index in [4.69, 9.17) is 15.4 Å². The molecule has 1 aromatic rings. The van der Waals surface area contributed by atoms with E-state index in [-0.39, 0.29) is 30.3 Å².